The molecule has 0 aliphatic heterocycles. The fraction of sp³-hybridized carbons (Fsp3) is 0.364. The van der Waals surface area contributed by atoms with Gasteiger partial charge in [0.15, 0.2) is 0 Å². The highest BCUT2D eigenvalue weighted by atomic mass is 35.5. The smallest absolute Gasteiger partial charge is 0.0801 e. The van der Waals surface area contributed by atoms with E-state index < -0.39 is 0 Å². The number of aryl methyl sites for hydroxylation is 1. The molecule has 0 fully saturated rings. The molecular formula is C11H13ClN4S. The fourth-order valence-corrected chi connectivity index (χ4v) is 2.57. The summed E-state index contributed by atoms with van der Waals surface area (Å²) in [7, 11) is 0. The summed E-state index contributed by atoms with van der Waals surface area (Å²) in [6.07, 6.45) is 4.89. The van der Waals surface area contributed by atoms with Gasteiger partial charge in [-0.3, -0.25) is 4.98 Å². The lowest BCUT2D eigenvalue weighted by molar-refractivity contribution is 0.721. The second-order valence-electron chi connectivity index (χ2n) is 3.72. The maximum Gasteiger partial charge on any atom is 0.0801 e. The summed E-state index contributed by atoms with van der Waals surface area (Å²) in [4.78, 5) is 5.00. The van der Waals surface area contributed by atoms with Crippen LogP contribution in [0.3, 0.4) is 0 Å². The number of hydrogen-bond donors (Lipinski definition) is 1. The quantitative estimate of drug-likeness (QED) is 0.925. The first-order valence-electron chi connectivity index (χ1n) is 5.37. The molecule has 0 spiro atoms. The van der Waals surface area contributed by atoms with Gasteiger partial charge in [-0.25, -0.2) is 0 Å². The summed E-state index contributed by atoms with van der Waals surface area (Å²) in [6, 6.07) is 1.78. The zero-order valence-electron chi connectivity index (χ0n) is 9.43. The van der Waals surface area contributed by atoms with E-state index in [9.17, 15) is 0 Å². The summed E-state index contributed by atoms with van der Waals surface area (Å²) in [5.41, 5.74) is 8.15. The SMILES string of the molecule is CCc1nnsc1C(N)Cc1ccncc1Cl. The second kappa shape index (κ2) is 5.53. The van der Waals surface area contributed by atoms with E-state index in [1.54, 1.807) is 12.4 Å². The minimum atomic E-state index is -0.107. The van der Waals surface area contributed by atoms with Crippen molar-refractivity contribution in [1.29, 1.82) is 0 Å². The zero-order chi connectivity index (χ0) is 12.3. The predicted octanol–water partition coefficient (Wildman–Crippen LogP) is 2.39. The van der Waals surface area contributed by atoms with Crippen LogP contribution in [0.25, 0.3) is 0 Å². The molecule has 2 aromatic heterocycles. The molecule has 0 saturated heterocycles. The van der Waals surface area contributed by atoms with Gasteiger partial charge in [-0.1, -0.05) is 23.0 Å². The lowest BCUT2D eigenvalue weighted by Gasteiger charge is -2.11. The maximum atomic E-state index is 6.17. The highest BCUT2D eigenvalue weighted by Crippen LogP contribution is 2.25. The fourth-order valence-electron chi connectivity index (χ4n) is 1.64. The first kappa shape index (κ1) is 12.4. The minimum absolute atomic E-state index is 0.107. The van der Waals surface area contributed by atoms with E-state index >= 15 is 0 Å². The van der Waals surface area contributed by atoms with Crippen LogP contribution in [-0.2, 0) is 12.8 Å². The number of halogens is 1. The van der Waals surface area contributed by atoms with Gasteiger partial charge in [-0.2, -0.15) is 0 Å². The molecule has 0 saturated carbocycles. The van der Waals surface area contributed by atoms with Crippen LogP contribution in [0.1, 0.15) is 29.1 Å². The van der Waals surface area contributed by atoms with Crippen LogP contribution in [0, 0.1) is 0 Å². The standard InChI is InChI=1S/C11H13ClN4S/c1-2-10-11(17-16-15-10)9(13)5-7-3-4-14-6-8(7)12/h3-4,6,9H,2,5,13H2,1H3. The first-order valence-corrected chi connectivity index (χ1v) is 6.52. The van der Waals surface area contributed by atoms with Crippen molar-refractivity contribution in [3.8, 4) is 0 Å². The van der Waals surface area contributed by atoms with Crippen LogP contribution < -0.4 is 5.73 Å². The monoisotopic (exact) mass is 268 g/mol. The molecule has 0 aromatic carbocycles. The van der Waals surface area contributed by atoms with Crippen molar-refractivity contribution in [2.24, 2.45) is 5.73 Å². The maximum absolute atomic E-state index is 6.17. The Morgan fingerprint density at radius 1 is 1.53 bits per heavy atom. The van der Waals surface area contributed by atoms with Gasteiger partial charge in [0, 0.05) is 18.4 Å². The van der Waals surface area contributed by atoms with Gasteiger partial charge in [0.2, 0.25) is 0 Å². The number of rotatable bonds is 4. The summed E-state index contributed by atoms with van der Waals surface area (Å²) in [5, 5.41) is 4.71. The minimum Gasteiger partial charge on any atom is -0.323 e. The van der Waals surface area contributed by atoms with E-state index in [2.05, 4.69) is 14.6 Å². The predicted molar refractivity (Wildman–Crippen MR) is 69.2 cm³/mol. The molecule has 2 rings (SSSR count). The highest BCUT2D eigenvalue weighted by Gasteiger charge is 2.16. The number of hydrogen-bond acceptors (Lipinski definition) is 5. The molecule has 0 radical (unpaired) electrons. The van der Waals surface area contributed by atoms with E-state index in [1.807, 2.05) is 13.0 Å². The second-order valence-corrected chi connectivity index (χ2v) is 4.91. The molecule has 6 heteroatoms. The molecule has 17 heavy (non-hydrogen) atoms. The molecular weight excluding hydrogens is 256 g/mol. The van der Waals surface area contributed by atoms with Crippen molar-refractivity contribution in [3.05, 3.63) is 39.6 Å². The number of pyridine rings is 1. The van der Waals surface area contributed by atoms with E-state index in [-0.39, 0.29) is 6.04 Å². The largest absolute Gasteiger partial charge is 0.323 e. The Kier molecular flexibility index (Phi) is 4.04. The molecule has 1 unspecified atom stereocenters. The average molecular weight is 269 g/mol. The molecule has 2 aromatic rings. The topological polar surface area (TPSA) is 64.7 Å². The molecule has 0 aliphatic rings. The third-order valence-electron chi connectivity index (χ3n) is 2.55. The third kappa shape index (κ3) is 2.80. The zero-order valence-corrected chi connectivity index (χ0v) is 11.0. The number of aromatic nitrogens is 3. The van der Waals surface area contributed by atoms with Crippen LogP contribution >= 0.6 is 23.1 Å². The van der Waals surface area contributed by atoms with E-state index in [1.165, 1.54) is 11.5 Å². The molecule has 0 amide bonds. The first-order chi connectivity index (χ1) is 8.22. The Morgan fingerprint density at radius 3 is 3.06 bits per heavy atom. The molecule has 2 N–H and O–H groups in total. The lowest BCUT2D eigenvalue weighted by Crippen LogP contribution is -2.14. The van der Waals surface area contributed by atoms with Gasteiger partial charge < -0.3 is 5.73 Å². The summed E-state index contributed by atoms with van der Waals surface area (Å²) < 4.78 is 3.94. The summed E-state index contributed by atoms with van der Waals surface area (Å²) >= 11 is 7.42. The van der Waals surface area contributed by atoms with Crippen molar-refractivity contribution in [3.63, 3.8) is 0 Å². The average Bonchev–Trinajstić information content (AvgIpc) is 2.80. The Labute approximate surface area is 109 Å². The Hall–Kier alpha value is -1.04. The Morgan fingerprint density at radius 2 is 2.35 bits per heavy atom. The molecule has 1 atom stereocenters. The van der Waals surface area contributed by atoms with Gasteiger partial charge in [0.05, 0.1) is 15.6 Å². The van der Waals surface area contributed by atoms with E-state index in [4.69, 9.17) is 17.3 Å². The summed E-state index contributed by atoms with van der Waals surface area (Å²) in [5.74, 6) is 0. The number of nitrogens with zero attached hydrogens (tertiary/aromatic N) is 3. The molecule has 90 valence electrons. The van der Waals surface area contributed by atoms with Gasteiger partial charge in [0.25, 0.3) is 0 Å². The van der Waals surface area contributed by atoms with Crippen molar-refractivity contribution in [1.82, 2.24) is 14.6 Å². The molecule has 0 aliphatic carbocycles. The van der Waals surface area contributed by atoms with Crippen molar-refractivity contribution < 1.29 is 0 Å². The van der Waals surface area contributed by atoms with Gasteiger partial charge in [-0.05, 0) is 36.0 Å². The molecule has 0 bridgehead atoms. The normalized spacial score (nSPS) is 12.6. The van der Waals surface area contributed by atoms with E-state index in [0.717, 1.165) is 22.6 Å². The van der Waals surface area contributed by atoms with Crippen LogP contribution in [0.2, 0.25) is 5.02 Å². The van der Waals surface area contributed by atoms with Crippen LogP contribution in [0.15, 0.2) is 18.5 Å². The van der Waals surface area contributed by atoms with Gasteiger partial charge in [0.1, 0.15) is 0 Å². The summed E-state index contributed by atoms with van der Waals surface area (Å²) in [6.45, 7) is 2.05. The molecule has 2 heterocycles. The Bertz CT molecular complexity index is 500. The van der Waals surface area contributed by atoms with Crippen molar-refractivity contribution in [2.75, 3.05) is 0 Å². The number of nitrogens with two attached hydrogens (primary N) is 1. The van der Waals surface area contributed by atoms with Crippen LogP contribution in [0.4, 0.5) is 0 Å². The molecule has 4 nitrogen and oxygen atoms in total. The van der Waals surface area contributed by atoms with Crippen molar-refractivity contribution >= 4 is 23.1 Å². The Balaban J connectivity index is 2.17. The lowest BCUT2D eigenvalue weighted by atomic mass is 10.0. The van der Waals surface area contributed by atoms with E-state index in [0.29, 0.717) is 11.4 Å². The third-order valence-corrected chi connectivity index (χ3v) is 3.79. The van der Waals surface area contributed by atoms with Crippen LogP contribution in [-0.4, -0.2) is 14.6 Å². The van der Waals surface area contributed by atoms with Gasteiger partial charge >= 0.3 is 0 Å². The van der Waals surface area contributed by atoms with Gasteiger partial charge in [-0.15, -0.1) is 5.10 Å². The van der Waals surface area contributed by atoms with Crippen molar-refractivity contribution in [2.45, 2.75) is 25.8 Å². The highest BCUT2D eigenvalue weighted by molar-refractivity contribution is 7.05. The van der Waals surface area contributed by atoms with Crippen LogP contribution in [0.5, 0.6) is 0 Å².